The molecular formula is C20H29N5O5S. The fourth-order valence-electron chi connectivity index (χ4n) is 6.08. The fourth-order valence-corrected chi connectivity index (χ4v) is 8.24. The lowest BCUT2D eigenvalue weighted by Crippen LogP contribution is -2.65. The van der Waals surface area contributed by atoms with Crippen LogP contribution in [0.4, 0.5) is 0 Å². The Labute approximate surface area is 181 Å². The maximum atomic E-state index is 13.4. The highest BCUT2D eigenvalue weighted by Gasteiger charge is 2.53. The lowest BCUT2D eigenvalue weighted by molar-refractivity contribution is -0.00228. The molecule has 4 atom stereocenters. The Morgan fingerprint density at radius 2 is 1.81 bits per heavy atom. The second kappa shape index (κ2) is 7.24. The van der Waals surface area contributed by atoms with E-state index in [1.54, 1.807) is 14.7 Å². The molecule has 1 aromatic heterocycles. The van der Waals surface area contributed by atoms with Gasteiger partial charge in [-0.1, -0.05) is 5.16 Å². The van der Waals surface area contributed by atoms with Gasteiger partial charge >= 0.3 is 0 Å². The summed E-state index contributed by atoms with van der Waals surface area (Å²) in [7, 11) is -3.49. The Morgan fingerprint density at radius 1 is 1.13 bits per heavy atom. The van der Waals surface area contributed by atoms with Crippen molar-refractivity contribution in [2.24, 2.45) is 17.6 Å². The van der Waals surface area contributed by atoms with E-state index >= 15 is 0 Å². The SMILES string of the molecule is NC1C2CC1CN(S(=O)(=O)N1C3CCC1CC(NC(=O)c1cc(C4COC4)on1)C3)C2. The molecule has 31 heavy (non-hydrogen) atoms. The third-order valence-corrected chi connectivity index (χ3v) is 10.0. The molecule has 5 saturated heterocycles. The quantitative estimate of drug-likeness (QED) is 0.646. The topological polar surface area (TPSA) is 131 Å². The molecule has 11 heteroatoms. The van der Waals surface area contributed by atoms with Crippen molar-refractivity contribution < 1.29 is 22.5 Å². The van der Waals surface area contributed by atoms with E-state index in [1.807, 2.05) is 0 Å². The van der Waals surface area contributed by atoms with Crippen molar-refractivity contribution in [3.63, 3.8) is 0 Å². The number of rotatable bonds is 5. The van der Waals surface area contributed by atoms with Crippen molar-refractivity contribution in [3.05, 3.63) is 17.5 Å². The molecule has 1 aromatic rings. The highest BCUT2D eigenvalue weighted by molar-refractivity contribution is 7.86. The Morgan fingerprint density at radius 3 is 2.39 bits per heavy atom. The molecule has 6 heterocycles. The number of piperidine rings is 3. The molecule has 1 aliphatic carbocycles. The molecule has 170 valence electrons. The molecule has 0 spiro atoms. The van der Waals surface area contributed by atoms with Crippen LogP contribution in [0.1, 0.15) is 54.3 Å². The van der Waals surface area contributed by atoms with E-state index in [-0.39, 0.29) is 41.7 Å². The average molecular weight is 452 g/mol. The van der Waals surface area contributed by atoms with Crippen LogP contribution in [0.3, 0.4) is 0 Å². The van der Waals surface area contributed by atoms with E-state index in [9.17, 15) is 13.2 Å². The summed E-state index contributed by atoms with van der Waals surface area (Å²) in [6.45, 7) is 2.27. The van der Waals surface area contributed by atoms with Crippen LogP contribution >= 0.6 is 0 Å². The Hall–Kier alpha value is -1.53. The van der Waals surface area contributed by atoms with Gasteiger partial charge in [0.15, 0.2) is 5.69 Å². The predicted molar refractivity (Wildman–Crippen MR) is 109 cm³/mol. The average Bonchev–Trinajstić information content (AvgIpc) is 3.30. The van der Waals surface area contributed by atoms with Crippen LogP contribution in [0.2, 0.25) is 0 Å². The molecule has 1 saturated carbocycles. The second-order valence-corrected chi connectivity index (χ2v) is 11.7. The summed E-state index contributed by atoms with van der Waals surface area (Å²) < 4.78 is 40.7. The summed E-state index contributed by atoms with van der Waals surface area (Å²) >= 11 is 0. The molecule has 1 amide bonds. The van der Waals surface area contributed by atoms with Crippen LogP contribution in [0.15, 0.2) is 10.6 Å². The zero-order valence-electron chi connectivity index (χ0n) is 17.4. The number of amides is 1. The first-order chi connectivity index (χ1) is 14.9. The standard InChI is InChI=1S/C20H29N5O5S/c21-19-11-3-12(19)8-24(7-11)31(27,28)25-15-1-2-16(25)5-14(4-15)22-20(26)17-6-18(30-23-17)13-9-29-10-13/h6,11-16,19H,1-5,7-10,21H2,(H,22,26). The smallest absolute Gasteiger partial charge is 0.282 e. The van der Waals surface area contributed by atoms with Crippen LogP contribution < -0.4 is 11.1 Å². The zero-order chi connectivity index (χ0) is 21.3. The number of fused-ring (bicyclic) bond motifs is 4. The van der Waals surface area contributed by atoms with Crippen molar-refractivity contribution in [2.45, 2.75) is 62.2 Å². The number of aromatic nitrogens is 1. The van der Waals surface area contributed by atoms with Gasteiger partial charge in [0.2, 0.25) is 0 Å². The number of carbonyl (C=O) groups excluding carboxylic acids is 1. The number of hydrogen-bond donors (Lipinski definition) is 2. The summed E-state index contributed by atoms with van der Waals surface area (Å²) in [6, 6.07) is 1.63. The Bertz CT molecular complexity index is 952. The molecular weight excluding hydrogens is 422 g/mol. The van der Waals surface area contributed by atoms with E-state index in [0.717, 1.165) is 19.3 Å². The van der Waals surface area contributed by atoms with Crippen molar-refractivity contribution in [1.82, 2.24) is 19.1 Å². The van der Waals surface area contributed by atoms with Gasteiger partial charge in [0.05, 0.1) is 19.1 Å². The van der Waals surface area contributed by atoms with Gasteiger partial charge in [0.1, 0.15) is 5.76 Å². The van der Waals surface area contributed by atoms with Crippen molar-refractivity contribution in [3.8, 4) is 0 Å². The third-order valence-electron chi connectivity index (χ3n) is 7.97. The van der Waals surface area contributed by atoms with Crippen LogP contribution in [-0.4, -0.2) is 78.6 Å². The maximum absolute atomic E-state index is 13.4. The van der Waals surface area contributed by atoms with Gasteiger partial charge in [-0.15, -0.1) is 0 Å². The third kappa shape index (κ3) is 3.24. The van der Waals surface area contributed by atoms with Crippen LogP contribution in [-0.2, 0) is 14.9 Å². The minimum Gasteiger partial charge on any atom is -0.380 e. The molecule has 0 radical (unpaired) electrons. The molecule has 7 rings (SSSR count). The van der Waals surface area contributed by atoms with Gasteiger partial charge in [-0.3, -0.25) is 4.79 Å². The van der Waals surface area contributed by atoms with Crippen molar-refractivity contribution in [2.75, 3.05) is 26.3 Å². The van der Waals surface area contributed by atoms with Gasteiger partial charge in [0, 0.05) is 43.3 Å². The molecule has 10 nitrogen and oxygen atoms in total. The first-order valence-corrected chi connectivity index (χ1v) is 12.7. The highest BCUT2D eigenvalue weighted by Crippen LogP contribution is 2.43. The summed E-state index contributed by atoms with van der Waals surface area (Å²) in [5.41, 5.74) is 6.40. The molecule has 5 aliphatic heterocycles. The van der Waals surface area contributed by atoms with Gasteiger partial charge in [0.25, 0.3) is 16.1 Å². The molecule has 3 N–H and O–H groups in total. The summed E-state index contributed by atoms with van der Waals surface area (Å²) in [5.74, 6) is 1.18. The van der Waals surface area contributed by atoms with Crippen molar-refractivity contribution >= 4 is 16.1 Å². The zero-order valence-corrected chi connectivity index (χ0v) is 18.2. The molecule has 0 aromatic carbocycles. The molecule has 4 bridgehead atoms. The first-order valence-electron chi connectivity index (χ1n) is 11.3. The van der Waals surface area contributed by atoms with Gasteiger partial charge in [-0.05, 0) is 43.9 Å². The monoisotopic (exact) mass is 451 g/mol. The lowest BCUT2D eigenvalue weighted by Gasteiger charge is -2.52. The van der Waals surface area contributed by atoms with Gasteiger partial charge in [-0.25, -0.2) is 0 Å². The fraction of sp³-hybridized carbons (Fsp3) is 0.800. The van der Waals surface area contributed by atoms with E-state index in [0.29, 0.717) is 56.7 Å². The number of nitrogens with zero attached hydrogens (tertiary/aromatic N) is 3. The lowest BCUT2D eigenvalue weighted by atomic mass is 9.67. The van der Waals surface area contributed by atoms with E-state index in [4.69, 9.17) is 15.0 Å². The normalized spacial score (nSPS) is 38.5. The first kappa shape index (κ1) is 20.1. The Balaban J connectivity index is 1.10. The number of nitrogens with two attached hydrogens (primary N) is 1. The number of carbonyl (C=O) groups is 1. The van der Waals surface area contributed by atoms with Crippen LogP contribution in [0, 0.1) is 11.8 Å². The van der Waals surface area contributed by atoms with Gasteiger partial charge < -0.3 is 20.3 Å². The predicted octanol–water partition coefficient (Wildman–Crippen LogP) is 0.0374. The van der Waals surface area contributed by atoms with Crippen LogP contribution in [0.25, 0.3) is 0 Å². The largest absolute Gasteiger partial charge is 0.380 e. The van der Waals surface area contributed by atoms with Gasteiger partial charge in [-0.2, -0.15) is 17.0 Å². The minimum absolute atomic E-state index is 0.0631. The van der Waals surface area contributed by atoms with E-state index < -0.39 is 10.2 Å². The highest BCUT2D eigenvalue weighted by atomic mass is 32.2. The maximum Gasteiger partial charge on any atom is 0.282 e. The number of hydrogen-bond acceptors (Lipinski definition) is 7. The molecule has 6 fully saturated rings. The Kier molecular flexibility index (Phi) is 4.70. The molecule has 4 unspecified atom stereocenters. The van der Waals surface area contributed by atoms with E-state index in [1.165, 1.54) is 0 Å². The number of nitrogens with one attached hydrogen (secondary N) is 1. The molecule has 6 aliphatic rings. The summed E-state index contributed by atoms with van der Waals surface area (Å²) in [5, 5.41) is 6.96. The summed E-state index contributed by atoms with van der Waals surface area (Å²) in [4.78, 5) is 12.7. The second-order valence-electron chi connectivity index (χ2n) is 9.86. The van der Waals surface area contributed by atoms with Crippen molar-refractivity contribution in [1.29, 1.82) is 0 Å². The van der Waals surface area contributed by atoms with Crippen LogP contribution in [0.5, 0.6) is 0 Å². The minimum atomic E-state index is -3.49. The van der Waals surface area contributed by atoms with E-state index in [2.05, 4.69) is 10.5 Å². The summed E-state index contributed by atoms with van der Waals surface area (Å²) in [6.07, 6.45) is 3.98. The number of ether oxygens (including phenoxy) is 1.